The fourth-order valence-electron chi connectivity index (χ4n) is 2.81. The van der Waals surface area contributed by atoms with E-state index in [9.17, 15) is 5.11 Å². The fraction of sp³-hybridized carbons (Fsp3) is 0.667. The van der Waals surface area contributed by atoms with Crippen molar-refractivity contribution in [1.29, 1.82) is 0 Å². The van der Waals surface area contributed by atoms with E-state index in [0.29, 0.717) is 5.75 Å². The first-order valence-electron chi connectivity index (χ1n) is 8.09. The molecule has 0 bridgehead atoms. The molecule has 1 fully saturated rings. The van der Waals surface area contributed by atoms with Gasteiger partial charge in [0.1, 0.15) is 5.75 Å². The predicted molar refractivity (Wildman–Crippen MR) is 89.1 cm³/mol. The van der Waals surface area contributed by atoms with Crippen molar-refractivity contribution in [3.05, 3.63) is 29.3 Å². The fourth-order valence-corrected chi connectivity index (χ4v) is 2.81. The van der Waals surface area contributed by atoms with Gasteiger partial charge in [0.25, 0.3) is 0 Å². The second-order valence-corrected chi connectivity index (χ2v) is 7.34. The second-order valence-electron chi connectivity index (χ2n) is 7.34. The average Bonchev–Trinajstić information content (AvgIpc) is 2.41. The number of benzene rings is 1. The molecular formula is C18H30N2O. The van der Waals surface area contributed by atoms with Crippen LogP contribution < -0.4 is 0 Å². The summed E-state index contributed by atoms with van der Waals surface area (Å²) in [6.45, 7) is 12.3. The van der Waals surface area contributed by atoms with E-state index >= 15 is 0 Å². The Hall–Kier alpha value is -1.06. The lowest BCUT2D eigenvalue weighted by molar-refractivity contribution is 0.153. The van der Waals surface area contributed by atoms with Crippen LogP contribution >= 0.6 is 0 Å². The summed E-state index contributed by atoms with van der Waals surface area (Å²) in [7, 11) is 2.19. The van der Waals surface area contributed by atoms with E-state index in [4.69, 9.17) is 0 Å². The minimum Gasteiger partial charge on any atom is -0.508 e. The van der Waals surface area contributed by atoms with Crippen LogP contribution in [0.1, 0.15) is 38.3 Å². The summed E-state index contributed by atoms with van der Waals surface area (Å²) in [5, 5.41) is 10.2. The Morgan fingerprint density at radius 1 is 1.10 bits per heavy atom. The Bertz CT molecular complexity index is 457. The maximum Gasteiger partial charge on any atom is 0.119 e. The monoisotopic (exact) mass is 290 g/mol. The third-order valence-corrected chi connectivity index (χ3v) is 4.47. The van der Waals surface area contributed by atoms with E-state index in [0.717, 1.165) is 24.9 Å². The van der Waals surface area contributed by atoms with Crippen LogP contribution in [-0.4, -0.2) is 54.7 Å². The summed E-state index contributed by atoms with van der Waals surface area (Å²) < 4.78 is 0. The van der Waals surface area contributed by atoms with Crippen molar-refractivity contribution in [3.63, 3.8) is 0 Å². The second kappa shape index (κ2) is 6.80. The van der Waals surface area contributed by atoms with Crippen molar-refractivity contribution in [2.75, 3.05) is 39.8 Å². The van der Waals surface area contributed by atoms with Crippen LogP contribution in [0.3, 0.4) is 0 Å². The molecule has 0 saturated carbocycles. The zero-order valence-corrected chi connectivity index (χ0v) is 14.0. The van der Waals surface area contributed by atoms with E-state index in [2.05, 4.69) is 49.8 Å². The number of aryl methyl sites for hydroxylation is 1. The van der Waals surface area contributed by atoms with Crippen LogP contribution in [0.15, 0.2) is 18.2 Å². The van der Waals surface area contributed by atoms with Gasteiger partial charge in [0, 0.05) is 26.2 Å². The summed E-state index contributed by atoms with van der Waals surface area (Å²) >= 11 is 0. The molecule has 3 nitrogen and oxygen atoms in total. The molecule has 0 spiro atoms. The number of hydrogen-bond acceptors (Lipinski definition) is 3. The van der Waals surface area contributed by atoms with Crippen molar-refractivity contribution in [3.8, 4) is 5.75 Å². The number of phenolic OH excluding ortho intramolecular Hbond substituents is 1. The van der Waals surface area contributed by atoms with E-state index in [1.54, 1.807) is 0 Å². The number of rotatable bonds is 4. The van der Waals surface area contributed by atoms with Gasteiger partial charge in [-0.2, -0.15) is 0 Å². The topological polar surface area (TPSA) is 26.7 Å². The molecule has 0 unspecified atom stereocenters. The van der Waals surface area contributed by atoms with Crippen LogP contribution in [0.4, 0.5) is 0 Å². The summed E-state index contributed by atoms with van der Waals surface area (Å²) in [6.07, 6.45) is 2.08. The molecule has 118 valence electrons. The summed E-state index contributed by atoms with van der Waals surface area (Å²) in [4.78, 5) is 4.91. The van der Waals surface area contributed by atoms with Crippen LogP contribution in [0.5, 0.6) is 5.75 Å². The number of likely N-dealkylation sites (N-methyl/N-ethyl adjacent to an activating group) is 1. The van der Waals surface area contributed by atoms with E-state index < -0.39 is 0 Å². The van der Waals surface area contributed by atoms with Crippen LogP contribution in [0.25, 0.3) is 0 Å². The zero-order chi connectivity index (χ0) is 15.5. The van der Waals surface area contributed by atoms with Gasteiger partial charge in [-0.1, -0.05) is 32.9 Å². The Morgan fingerprint density at radius 2 is 1.76 bits per heavy atom. The highest BCUT2D eigenvalue weighted by molar-refractivity contribution is 5.39. The molecule has 1 aliphatic rings. The lowest BCUT2D eigenvalue weighted by Crippen LogP contribution is -2.44. The molecule has 1 saturated heterocycles. The lowest BCUT2D eigenvalue weighted by Gasteiger charge is -2.32. The smallest absolute Gasteiger partial charge is 0.119 e. The zero-order valence-electron chi connectivity index (χ0n) is 14.0. The van der Waals surface area contributed by atoms with Gasteiger partial charge in [-0.3, -0.25) is 0 Å². The number of nitrogens with zero attached hydrogens (tertiary/aromatic N) is 2. The molecular weight excluding hydrogens is 260 g/mol. The van der Waals surface area contributed by atoms with Gasteiger partial charge >= 0.3 is 0 Å². The molecule has 1 aromatic rings. The highest BCUT2D eigenvalue weighted by Gasteiger charge is 2.16. The van der Waals surface area contributed by atoms with Crippen LogP contribution in [-0.2, 0) is 11.8 Å². The number of hydrogen-bond donors (Lipinski definition) is 1. The maximum absolute atomic E-state index is 10.2. The van der Waals surface area contributed by atoms with Crippen molar-refractivity contribution in [1.82, 2.24) is 9.80 Å². The quantitative estimate of drug-likeness (QED) is 0.923. The number of phenols is 1. The SMILES string of the molecule is CN1CCN(CCCc2ccc(C(C)(C)C)cc2O)CC1. The van der Waals surface area contributed by atoms with Gasteiger partial charge in [-0.15, -0.1) is 0 Å². The van der Waals surface area contributed by atoms with E-state index in [1.165, 1.54) is 31.7 Å². The minimum absolute atomic E-state index is 0.0931. The standard InChI is InChI=1S/C18H30N2O/c1-18(2,3)16-8-7-15(17(21)14-16)6-5-9-20-12-10-19(4)11-13-20/h7-8,14,21H,5-6,9-13H2,1-4H3. The normalized spacial score (nSPS) is 18.1. The largest absolute Gasteiger partial charge is 0.508 e. The molecule has 1 aliphatic heterocycles. The Morgan fingerprint density at radius 3 is 2.33 bits per heavy atom. The lowest BCUT2D eigenvalue weighted by atomic mass is 9.86. The van der Waals surface area contributed by atoms with Gasteiger partial charge in [-0.25, -0.2) is 0 Å². The van der Waals surface area contributed by atoms with Crippen molar-refractivity contribution in [2.45, 2.75) is 39.0 Å². The van der Waals surface area contributed by atoms with Crippen LogP contribution in [0.2, 0.25) is 0 Å². The molecule has 2 rings (SSSR count). The molecule has 21 heavy (non-hydrogen) atoms. The highest BCUT2D eigenvalue weighted by Crippen LogP contribution is 2.28. The summed E-state index contributed by atoms with van der Waals surface area (Å²) in [6, 6.07) is 6.19. The third kappa shape index (κ3) is 4.72. The predicted octanol–water partition coefficient (Wildman–Crippen LogP) is 2.87. The van der Waals surface area contributed by atoms with Gasteiger partial charge < -0.3 is 14.9 Å². The highest BCUT2D eigenvalue weighted by atomic mass is 16.3. The van der Waals surface area contributed by atoms with Gasteiger partial charge in [0.05, 0.1) is 0 Å². The Labute approximate surface area is 129 Å². The van der Waals surface area contributed by atoms with E-state index in [1.807, 2.05) is 6.07 Å². The molecule has 0 amide bonds. The van der Waals surface area contributed by atoms with Crippen molar-refractivity contribution >= 4 is 0 Å². The summed E-state index contributed by atoms with van der Waals surface area (Å²) in [5.74, 6) is 0.459. The third-order valence-electron chi connectivity index (χ3n) is 4.47. The minimum atomic E-state index is 0.0931. The molecule has 1 heterocycles. The number of piperazine rings is 1. The van der Waals surface area contributed by atoms with Crippen LogP contribution in [0, 0.1) is 0 Å². The Kier molecular flexibility index (Phi) is 5.28. The first-order chi connectivity index (χ1) is 9.86. The van der Waals surface area contributed by atoms with Gasteiger partial charge in [0.2, 0.25) is 0 Å². The average molecular weight is 290 g/mol. The van der Waals surface area contributed by atoms with E-state index in [-0.39, 0.29) is 5.41 Å². The molecule has 3 heteroatoms. The first-order valence-corrected chi connectivity index (χ1v) is 8.09. The van der Waals surface area contributed by atoms with Gasteiger partial charge in [0.15, 0.2) is 0 Å². The first kappa shape index (κ1) is 16.3. The molecule has 0 aliphatic carbocycles. The molecule has 1 N–H and O–H groups in total. The van der Waals surface area contributed by atoms with Gasteiger partial charge in [-0.05, 0) is 49.0 Å². The Balaban J connectivity index is 1.83. The molecule has 0 atom stereocenters. The molecule has 1 aromatic carbocycles. The van der Waals surface area contributed by atoms with Crippen molar-refractivity contribution in [2.24, 2.45) is 0 Å². The maximum atomic E-state index is 10.2. The number of aromatic hydroxyl groups is 1. The van der Waals surface area contributed by atoms with Crippen molar-refractivity contribution < 1.29 is 5.11 Å². The molecule has 0 aromatic heterocycles. The summed E-state index contributed by atoms with van der Waals surface area (Å²) in [5.41, 5.74) is 2.37. The molecule has 0 radical (unpaired) electrons.